The molecule has 0 radical (unpaired) electrons. The van der Waals surface area contributed by atoms with E-state index >= 15 is 0 Å². The van der Waals surface area contributed by atoms with Crippen molar-refractivity contribution in [3.8, 4) is 0 Å². The third-order valence-corrected chi connectivity index (χ3v) is 3.68. The molecule has 0 bridgehead atoms. The fraction of sp³-hybridized carbons (Fsp3) is 0.833. The summed E-state index contributed by atoms with van der Waals surface area (Å²) >= 11 is 0. The van der Waals surface area contributed by atoms with Crippen LogP contribution in [0.5, 0.6) is 0 Å². The number of rotatable bonds is 10. The van der Waals surface area contributed by atoms with Crippen LogP contribution in [0.2, 0.25) is 0 Å². The summed E-state index contributed by atoms with van der Waals surface area (Å²) in [4.78, 5) is 18.9. The van der Waals surface area contributed by atoms with E-state index in [-0.39, 0.29) is 49.8 Å². The van der Waals surface area contributed by atoms with Gasteiger partial charge in [-0.15, -0.1) is 0 Å². The Morgan fingerprint density at radius 2 is 1.33 bits per heavy atom. The number of aliphatic carboxylic acids is 2. The summed E-state index contributed by atoms with van der Waals surface area (Å²) in [7, 11) is 0. The maximum Gasteiger partial charge on any atom is 1.00 e. The van der Waals surface area contributed by atoms with E-state index in [2.05, 4.69) is 34.6 Å². The van der Waals surface area contributed by atoms with E-state index in [9.17, 15) is 9.59 Å². The molecule has 2 N–H and O–H groups in total. The fourth-order valence-electron chi connectivity index (χ4n) is 1.91. The largest absolute Gasteiger partial charge is 1.00 e. The van der Waals surface area contributed by atoms with Crippen LogP contribution in [0.15, 0.2) is 0 Å². The average molecular weight is 346 g/mol. The molecule has 0 saturated heterocycles. The van der Waals surface area contributed by atoms with Gasteiger partial charge >= 0.3 is 60.4 Å². The first-order valence-corrected chi connectivity index (χ1v) is 8.37. The second kappa shape index (κ2) is 19.9. The van der Waals surface area contributed by atoms with Crippen LogP contribution in [-0.4, -0.2) is 22.2 Å². The molecular formula is C18H36LiNaO4. The van der Waals surface area contributed by atoms with Gasteiger partial charge in [0.1, 0.15) is 6.42 Å². The van der Waals surface area contributed by atoms with Gasteiger partial charge in [0.05, 0.1) is 0 Å². The second-order valence-corrected chi connectivity index (χ2v) is 6.94. The SMILES string of the molecule is O=C(O)CC(=O)O.[CH2-]C(CCCCCCCCC)C(C)(C)C.[H-].[Li+].[Na+]. The number of carboxylic acids is 2. The van der Waals surface area contributed by atoms with Gasteiger partial charge in [0.25, 0.3) is 0 Å². The minimum atomic E-state index is -1.31. The van der Waals surface area contributed by atoms with Gasteiger partial charge in [-0.1, -0.05) is 84.5 Å². The van der Waals surface area contributed by atoms with Crippen LogP contribution in [-0.2, 0) is 9.59 Å². The average Bonchev–Trinajstić information content (AvgIpc) is 2.35. The van der Waals surface area contributed by atoms with E-state index in [1.54, 1.807) is 0 Å². The zero-order chi connectivity index (χ0) is 17.6. The molecule has 0 aromatic rings. The van der Waals surface area contributed by atoms with Crippen LogP contribution in [0.25, 0.3) is 0 Å². The van der Waals surface area contributed by atoms with Gasteiger partial charge in [-0.3, -0.25) is 9.59 Å². The Kier molecular flexibility index (Phi) is 26.7. The summed E-state index contributed by atoms with van der Waals surface area (Å²) in [6.45, 7) is 13.4. The van der Waals surface area contributed by atoms with Gasteiger partial charge in [0.15, 0.2) is 0 Å². The van der Waals surface area contributed by atoms with Crippen molar-refractivity contribution in [2.45, 2.75) is 85.5 Å². The van der Waals surface area contributed by atoms with Crippen molar-refractivity contribution in [1.82, 2.24) is 0 Å². The van der Waals surface area contributed by atoms with E-state index in [0.29, 0.717) is 11.3 Å². The van der Waals surface area contributed by atoms with Crippen LogP contribution in [0.1, 0.15) is 86.9 Å². The first-order valence-electron chi connectivity index (χ1n) is 8.37. The summed E-state index contributed by atoms with van der Waals surface area (Å²) in [6.07, 6.45) is 10.3. The molecule has 4 nitrogen and oxygen atoms in total. The first kappa shape index (κ1) is 32.2. The quantitative estimate of drug-likeness (QED) is 0.237. The standard InChI is InChI=1S/C15H31.C3H4O4.Li.Na.H/c1-6-7-8-9-10-11-12-13-14(2)15(3,4)5;4-2(5)1-3(6)7;;;/h14H,2,6-13H2,1,3-5H3;1H2,(H,4,5)(H,6,7);;;/q-1;;2*+1;-1. The summed E-state index contributed by atoms with van der Waals surface area (Å²) in [5, 5.41) is 15.4. The van der Waals surface area contributed by atoms with Gasteiger partial charge in [0.2, 0.25) is 0 Å². The van der Waals surface area contributed by atoms with Gasteiger partial charge in [0, 0.05) is 0 Å². The van der Waals surface area contributed by atoms with Crippen LogP contribution in [0.3, 0.4) is 0 Å². The molecule has 0 aromatic carbocycles. The smallest absolute Gasteiger partial charge is 1.00 e. The van der Waals surface area contributed by atoms with E-state index in [1.165, 1.54) is 51.4 Å². The maximum atomic E-state index is 9.43. The zero-order valence-corrected chi connectivity index (χ0v) is 18.9. The summed E-state index contributed by atoms with van der Waals surface area (Å²) in [6, 6.07) is 0. The van der Waals surface area contributed by atoms with Crippen molar-refractivity contribution in [3.05, 3.63) is 6.92 Å². The molecule has 6 heteroatoms. The molecule has 0 aromatic heterocycles. The number of unbranched alkanes of at least 4 members (excludes halogenated alkanes) is 6. The molecule has 0 aliphatic heterocycles. The molecule has 134 valence electrons. The predicted molar refractivity (Wildman–Crippen MR) is 91.9 cm³/mol. The van der Waals surface area contributed by atoms with Crippen molar-refractivity contribution in [3.63, 3.8) is 0 Å². The molecule has 24 heavy (non-hydrogen) atoms. The molecule has 0 saturated carbocycles. The Morgan fingerprint density at radius 1 is 0.958 bits per heavy atom. The van der Waals surface area contributed by atoms with Crippen molar-refractivity contribution < 1.29 is 69.6 Å². The first-order chi connectivity index (χ1) is 10.1. The summed E-state index contributed by atoms with van der Waals surface area (Å²) in [5.74, 6) is -2.01. The Morgan fingerprint density at radius 3 is 1.62 bits per heavy atom. The summed E-state index contributed by atoms with van der Waals surface area (Å²) in [5.41, 5.74) is 0.391. The minimum absolute atomic E-state index is 0. The Bertz CT molecular complexity index is 298. The predicted octanol–water partition coefficient (Wildman–Crippen LogP) is -0.710. The Hall–Kier alpha value is 0.537. The van der Waals surface area contributed by atoms with E-state index in [4.69, 9.17) is 10.2 Å². The second-order valence-electron chi connectivity index (χ2n) is 6.94. The molecule has 0 aliphatic rings. The van der Waals surface area contributed by atoms with Gasteiger partial charge in [-0.05, 0) is 0 Å². The zero-order valence-electron chi connectivity index (χ0n) is 17.9. The van der Waals surface area contributed by atoms with Gasteiger partial charge in [-0.25, -0.2) is 0 Å². The van der Waals surface area contributed by atoms with Crippen LogP contribution < -0.4 is 48.4 Å². The molecule has 0 fully saturated rings. The third kappa shape index (κ3) is 27.4. The third-order valence-electron chi connectivity index (χ3n) is 3.68. The number of hydrogen-bond acceptors (Lipinski definition) is 2. The Labute approximate surface area is 184 Å². The van der Waals surface area contributed by atoms with E-state index in [1.807, 2.05) is 0 Å². The molecule has 0 rings (SSSR count). The van der Waals surface area contributed by atoms with Crippen LogP contribution in [0, 0.1) is 18.3 Å². The van der Waals surface area contributed by atoms with E-state index < -0.39 is 18.4 Å². The van der Waals surface area contributed by atoms with Gasteiger partial charge in [-0.2, -0.15) is 5.92 Å². The Balaban J connectivity index is -0.000000116. The fourth-order valence-corrected chi connectivity index (χ4v) is 1.91. The summed E-state index contributed by atoms with van der Waals surface area (Å²) < 4.78 is 0. The van der Waals surface area contributed by atoms with Crippen LogP contribution in [0.4, 0.5) is 0 Å². The topological polar surface area (TPSA) is 74.6 Å². The molecule has 0 amide bonds. The normalized spacial score (nSPS) is 11.2. The number of hydrogen-bond donors (Lipinski definition) is 2. The molecule has 1 atom stereocenters. The molecule has 0 aliphatic carbocycles. The molecule has 0 spiro atoms. The van der Waals surface area contributed by atoms with Crippen molar-refractivity contribution in [2.24, 2.45) is 11.3 Å². The minimum Gasteiger partial charge on any atom is -1.00 e. The number of carbonyl (C=O) groups is 2. The van der Waals surface area contributed by atoms with Crippen LogP contribution >= 0.6 is 0 Å². The van der Waals surface area contributed by atoms with Crippen molar-refractivity contribution in [2.75, 3.05) is 0 Å². The van der Waals surface area contributed by atoms with E-state index in [0.717, 1.165) is 0 Å². The molecule has 1 unspecified atom stereocenters. The van der Waals surface area contributed by atoms with Crippen molar-refractivity contribution >= 4 is 11.9 Å². The monoisotopic (exact) mass is 346 g/mol. The number of carboxylic acid groups (broad SMARTS) is 2. The maximum absolute atomic E-state index is 9.43. The van der Waals surface area contributed by atoms with Gasteiger partial charge < -0.3 is 18.6 Å². The van der Waals surface area contributed by atoms with Crippen molar-refractivity contribution in [1.29, 1.82) is 0 Å². The molecular weight excluding hydrogens is 310 g/mol. The molecule has 0 heterocycles.